The monoisotopic (exact) mass is 339 g/mol. The van der Waals surface area contributed by atoms with Gasteiger partial charge in [0.1, 0.15) is 0 Å². The molecule has 0 aromatic rings. The third-order valence-electron chi connectivity index (χ3n) is 0. The Bertz CT molecular complexity index is 213. The van der Waals surface area contributed by atoms with Gasteiger partial charge in [-0.1, -0.05) is 0 Å². The van der Waals surface area contributed by atoms with Gasteiger partial charge >= 0.3 is 29.6 Å². The molecule has 122 valence electrons. The predicted octanol–water partition coefficient (Wildman–Crippen LogP) is -4.62. The zero-order chi connectivity index (χ0) is 17.9. The molecule has 0 saturated heterocycles. The molecule has 0 atom stereocenters. The molecule has 0 bridgehead atoms. The van der Waals surface area contributed by atoms with Gasteiger partial charge in [0.2, 0.25) is 0 Å². The molecule has 0 amide bonds. The minimum absolute atomic E-state index is 0. The Morgan fingerprint density at radius 3 is 0.476 bits per heavy atom. The van der Waals surface area contributed by atoms with Crippen molar-refractivity contribution in [3.8, 4) is 0 Å². The van der Waals surface area contributed by atoms with Crippen LogP contribution in [0.4, 0.5) is 0 Å². The Balaban J connectivity index is -0.0000000250. The zero-order valence-electron chi connectivity index (χ0n) is 10.6. The van der Waals surface area contributed by atoms with Crippen LogP contribution in [0.5, 0.6) is 0 Å². The molecule has 0 aliphatic heterocycles. The third kappa shape index (κ3) is 425. The van der Waals surface area contributed by atoms with Crippen LogP contribution >= 0.6 is 0 Å². The first-order valence-electron chi connectivity index (χ1n) is 2.83. The van der Waals surface area contributed by atoms with Crippen molar-refractivity contribution < 1.29 is 82.5 Å². The molecule has 20 nitrogen and oxygen atoms in total. The zero-order valence-corrected chi connectivity index (χ0v) is 11.6. The van der Waals surface area contributed by atoms with Crippen LogP contribution < -0.4 is 29.6 Å². The second kappa shape index (κ2) is 30.2. The summed E-state index contributed by atoms with van der Waals surface area (Å²) in [6.07, 6.45) is 0. The van der Waals surface area contributed by atoms with Crippen LogP contribution in [-0.2, 0) is 0 Å². The first kappa shape index (κ1) is 36.1. The first-order chi connectivity index (χ1) is 8.66. The fourth-order valence-corrected chi connectivity index (χ4v) is 0. The average Bonchev–Trinajstić information content (AvgIpc) is 1.94. The maximum atomic E-state index is 8.36. The topological polar surface area (TPSA) is 317 Å². The maximum Gasteiger partial charge on any atom is 1.00 e. The molecule has 0 aliphatic rings. The van der Waals surface area contributed by atoms with Gasteiger partial charge in [0.25, 0.3) is 25.4 Å². The molecule has 0 aromatic carbocycles. The summed E-state index contributed by atoms with van der Waals surface area (Å²) in [6.45, 7) is 0. The Hall–Kier alpha value is -3.00. The molecule has 21 heteroatoms. The van der Waals surface area contributed by atoms with E-state index < -0.39 is 25.4 Å². The summed E-state index contributed by atoms with van der Waals surface area (Å²) in [5.74, 6) is 0. The minimum Gasteiger partial charge on any atom is -1.00 e. The van der Waals surface area contributed by atoms with Gasteiger partial charge < -0.3 is 27.5 Å². The minimum atomic E-state index is -1.50. The SMILES string of the molecule is O=[N+]([O-])O.O=[N+]([O-])O.O=[N+]([O-])O.O=[N+]([O-])O.O=[N+]([O-])O.[H-].[Na+]. The molecular weight excluding hydrogens is 333 g/mol. The standard InChI is InChI=1S/5HNO3.Na.H/c5*2-1(3)4;;/h5*(H,2,3,4);;/q;;;;;+1;-1. The second-order valence-corrected chi connectivity index (χ2v) is 1.19. The molecule has 21 heavy (non-hydrogen) atoms. The van der Waals surface area contributed by atoms with Crippen molar-refractivity contribution in [1.82, 2.24) is 0 Å². The molecule has 0 radical (unpaired) electrons. The third-order valence-corrected chi connectivity index (χ3v) is 0. The van der Waals surface area contributed by atoms with Crippen molar-refractivity contribution in [2.75, 3.05) is 0 Å². The van der Waals surface area contributed by atoms with Crippen LogP contribution in [0.15, 0.2) is 0 Å². The van der Waals surface area contributed by atoms with Gasteiger partial charge in [-0.2, -0.15) is 0 Å². The summed E-state index contributed by atoms with van der Waals surface area (Å²) < 4.78 is 0. The van der Waals surface area contributed by atoms with E-state index >= 15 is 0 Å². The second-order valence-electron chi connectivity index (χ2n) is 1.19. The van der Waals surface area contributed by atoms with Crippen LogP contribution in [0.2, 0.25) is 0 Å². The Kier molecular flexibility index (Phi) is 52.0. The predicted molar refractivity (Wildman–Crippen MR) is 45.0 cm³/mol. The molecule has 0 spiro atoms. The van der Waals surface area contributed by atoms with Crippen molar-refractivity contribution in [3.63, 3.8) is 0 Å². The summed E-state index contributed by atoms with van der Waals surface area (Å²) in [4.78, 5) is 41.8. The van der Waals surface area contributed by atoms with Gasteiger partial charge in [0.15, 0.2) is 0 Å². The number of nitrogens with zero attached hydrogens (tertiary/aromatic N) is 5. The van der Waals surface area contributed by atoms with E-state index in [1.807, 2.05) is 0 Å². The summed E-state index contributed by atoms with van der Waals surface area (Å²) in [5, 5.41) is 68.2. The maximum absolute atomic E-state index is 8.36. The summed E-state index contributed by atoms with van der Waals surface area (Å²) >= 11 is 0. The van der Waals surface area contributed by atoms with Crippen molar-refractivity contribution >= 4 is 0 Å². The molecule has 5 N–H and O–H groups in total. The molecule has 0 saturated carbocycles. The first-order valence-corrected chi connectivity index (χ1v) is 2.83. The van der Waals surface area contributed by atoms with Gasteiger partial charge in [-0.25, -0.2) is 0 Å². The average molecular weight is 339 g/mol. The summed E-state index contributed by atoms with van der Waals surface area (Å²) in [7, 11) is 0. The van der Waals surface area contributed by atoms with E-state index in [9.17, 15) is 0 Å². The summed E-state index contributed by atoms with van der Waals surface area (Å²) in [6, 6.07) is 0. The van der Waals surface area contributed by atoms with Crippen LogP contribution in [0.1, 0.15) is 1.43 Å². The van der Waals surface area contributed by atoms with Gasteiger partial charge in [-0.15, -0.1) is 50.6 Å². The van der Waals surface area contributed by atoms with Crippen LogP contribution in [0.25, 0.3) is 0 Å². The van der Waals surface area contributed by atoms with E-state index in [1.54, 1.807) is 0 Å². The van der Waals surface area contributed by atoms with Crippen molar-refractivity contribution in [2.45, 2.75) is 0 Å². The number of hydrogen-bond acceptors (Lipinski definition) is 10. The van der Waals surface area contributed by atoms with E-state index in [1.165, 1.54) is 0 Å². The van der Waals surface area contributed by atoms with Gasteiger partial charge in [0, 0.05) is 0 Å². The molecule has 0 aromatic heterocycles. The van der Waals surface area contributed by atoms with E-state index in [-0.39, 0.29) is 31.0 Å². The van der Waals surface area contributed by atoms with Gasteiger partial charge in [0.05, 0.1) is 0 Å². The van der Waals surface area contributed by atoms with E-state index in [4.69, 9.17) is 76.6 Å². The van der Waals surface area contributed by atoms with Crippen LogP contribution in [0, 0.1) is 50.6 Å². The van der Waals surface area contributed by atoms with Gasteiger partial charge in [-0.3, -0.25) is 0 Å². The van der Waals surface area contributed by atoms with E-state index in [0.717, 1.165) is 0 Å². The quantitative estimate of drug-likeness (QED) is 0.157. The van der Waals surface area contributed by atoms with Crippen molar-refractivity contribution in [2.24, 2.45) is 0 Å². The Morgan fingerprint density at radius 2 is 0.476 bits per heavy atom. The van der Waals surface area contributed by atoms with Gasteiger partial charge in [-0.05, 0) is 0 Å². The van der Waals surface area contributed by atoms with Crippen molar-refractivity contribution in [1.29, 1.82) is 0 Å². The molecule has 0 heterocycles. The molecule has 0 rings (SSSR count). The number of rotatable bonds is 0. The molecule has 0 aliphatic carbocycles. The Morgan fingerprint density at radius 1 is 0.476 bits per heavy atom. The largest absolute Gasteiger partial charge is 1.00 e. The molecular formula is H6N5NaO15. The van der Waals surface area contributed by atoms with E-state index in [0.29, 0.717) is 0 Å². The Labute approximate surface area is 133 Å². The smallest absolute Gasteiger partial charge is 1.00 e. The van der Waals surface area contributed by atoms with Crippen LogP contribution in [-0.4, -0.2) is 51.5 Å². The van der Waals surface area contributed by atoms with E-state index in [2.05, 4.69) is 0 Å². The normalized spacial score (nSPS) is 5.71. The molecule has 0 unspecified atom stereocenters. The summed E-state index contributed by atoms with van der Waals surface area (Å²) in [5.41, 5.74) is 0. The number of hydrogen-bond donors (Lipinski definition) is 5. The van der Waals surface area contributed by atoms with Crippen LogP contribution in [0.3, 0.4) is 0 Å². The molecule has 0 fully saturated rings. The fourth-order valence-electron chi connectivity index (χ4n) is 0. The fraction of sp³-hybridized carbons (Fsp3) is 0. The van der Waals surface area contributed by atoms with Crippen molar-refractivity contribution in [3.05, 3.63) is 50.6 Å².